The van der Waals surface area contributed by atoms with E-state index in [0.29, 0.717) is 17.3 Å². The highest BCUT2D eigenvalue weighted by Gasteiger charge is 2.29. The number of carbonyl (C=O) groups is 1. The summed E-state index contributed by atoms with van der Waals surface area (Å²) < 4.78 is 0. The minimum atomic E-state index is 0.0761. The Kier molecular flexibility index (Phi) is 4.10. The molecule has 114 valence electrons. The Bertz CT molecular complexity index is 517. The molecule has 5 heteroatoms. The van der Waals surface area contributed by atoms with Crippen molar-refractivity contribution in [3.05, 3.63) is 23.5 Å². The summed E-state index contributed by atoms with van der Waals surface area (Å²) in [5.41, 5.74) is 7.72. The number of likely N-dealkylation sites (tertiary alicyclic amines) is 2. The average molecular weight is 288 g/mol. The van der Waals surface area contributed by atoms with Crippen LogP contribution in [0.2, 0.25) is 0 Å². The molecule has 2 saturated heterocycles. The second-order valence-corrected chi connectivity index (χ2v) is 6.17. The molecule has 5 nitrogen and oxygen atoms in total. The van der Waals surface area contributed by atoms with E-state index in [4.69, 9.17) is 5.73 Å². The molecule has 0 saturated carbocycles. The van der Waals surface area contributed by atoms with Crippen LogP contribution >= 0.6 is 0 Å². The first-order valence-corrected chi connectivity index (χ1v) is 7.90. The van der Waals surface area contributed by atoms with Gasteiger partial charge in [0.05, 0.1) is 23.1 Å². The molecule has 21 heavy (non-hydrogen) atoms. The van der Waals surface area contributed by atoms with Gasteiger partial charge in [-0.05, 0) is 51.8 Å². The highest BCUT2D eigenvalue weighted by molar-refractivity contribution is 5.96. The van der Waals surface area contributed by atoms with Crippen molar-refractivity contribution in [3.8, 4) is 0 Å². The maximum absolute atomic E-state index is 12.6. The molecule has 0 aromatic carbocycles. The number of piperidine rings is 1. The molecule has 1 aromatic rings. The van der Waals surface area contributed by atoms with E-state index in [-0.39, 0.29) is 5.91 Å². The third kappa shape index (κ3) is 3.02. The van der Waals surface area contributed by atoms with Crippen molar-refractivity contribution >= 4 is 11.6 Å². The summed E-state index contributed by atoms with van der Waals surface area (Å²) in [7, 11) is 0. The summed E-state index contributed by atoms with van der Waals surface area (Å²) in [6, 6.07) is 2.41. The van der Waals surface area contributed by atoms with Crippen molar-refractivity contribution < 1.29 is 4.79 Å². The molecule has 2 aliphatic heterocycles. The van der Waals surface area contributed by atoms with E-state index in [1.54, 1.807) is 12.3 Å². The van der Waals surface area contributed by atoms with Crippen LogP contribution in [0.3, 0.4) is 0 Å². The lowest BCUT2D eigenvalue weighted by atomic mass is 10.0. The van der Waals surface area contributed by atoms with E-state index in [0.717, 1.165) is 31.6 Å². The SMILES string of the molecule is Cc1ncc(N)cc1C(=O)N1CCC(N2CCCC2)CC1. The first kappa shape index (κ1) is 14.3. The van der Waals surface area contributed by atoms with Crippen LogP contribution in [-0.2, 0) is 0 Å². The van der Waals surface area contributed by atoms with E-state index in [9.17, 15) is 4.79 Å². The second kappa shape index (κ2) is 6.02. The summed E-state index contributed by atoms with van der Waals surface area (Å²) in [6.45, 7) is 6.01. The van der Waals surface area contributed by atoms with Gasteiger partial charge in [0.25, 0.3) is 5.91 Å². The van der Waals surface area contributed by atoms with Gasteiger partial charge in [-0.3, -0.25) is 9.78 Å². The Labute approximate surface area is 126 Å². The number of nitrogen functional groups attached to an aromatic ring is 1. The monoisotopic (exact) mass is 288 g/mol. The van der Waals surface area contributed by atoms with E-state index in [1.165, 1.54) is 25.9 Å². The molecule has 3 heterocycles. The lowest BCUT2D eigenvalue weighted by molar-refractivity contribution is 0.0643. The van der Waals surface area contributed by atoms with Crippen LogP contribution in [0.4, 0.5) is 5.69 Å². The van der Waals surface area contributed by atoms with E-state index in [2.05, 4.69) is 9.88 Å². The van der Waals surface area contributed by atoms with Crippen LogP contribution in [0, 0.1) is 6.92 Å². The minimum Gasteiger partial charge on any atom is -0.397 e. The van der Waals surface area contributed by atoms with Gasteiger partial charge < -0.3 is 15.5 Å². The van der Waals surface area contributed by atoms with Gasteiger partial charge in [0, 0.05) is 19.1 Å². The first-order valence-electron chi connectivity index (χ1n) is 7.90. The zero-order valence-electron chi connectivity index (χ0n) is 12.7. The molecule has 0 radical (unpaired) electrons. The fourth-order valence-electron chi connectivity index (χ4n) is 3.48. The summed E-state index contributed by atoms with van der Waals surface area (Å²) in [4.78, 5) is 21.4. The third-order valence-corrected chi connectivity index (χ3v) is 4.75. The van der Waals surface area contributed by atoms with Crippen LogP contribution in [0.25, 0.3) is 0 Å². The molecule has 1 aromatic heterocycles. The predicted molar refractivity (Wildman–Crippen MR) is 83.1 cm³/mol. The van der Waals surface area contributed by atoms with E-state index < -0.39 is 0 Å². The van der Waals surface area contributed by atoms with Gasteiger partial charge in [-0.25, -0.2) is 0 Å². The molecule has 0 spiro atoms. The fourth-order valence-corrected chi connectivity index (χ4v) is 3.48. The molecule has 0 atom stereocenters. The summed E-state index contributed by atoms with van der Waals surface area (Å²) in [5, 5.41) is 0. The quantitative estimate of drug-likeness (QED) is 0.899. The van der Waals surface area contributed by atoms with Crippen molar-refractivity contribution in [2.45, 2.75) is 38.6 Å². The zero-order chi connectivity index (χ0) is 14.8. The number of hydrogen-bond acceptors (Lipinski definition) is 4. The number of rotatable bonds is 2. The third-order valence-electron chi connectivity index (χ3n) is 4.75. The number of hydrogen-bond donors (Lipinski definition) is 1. The molecule has 2 N–H and O–H groups in total. The number of aryl methyl sites for hydroxylation is 1. The van der Waals surface area contributed by atoms with Crippen LogP contribution in [0.15, 0.2) is 12.3 Å². The van der Waals surface area contributed by atoms with Gasteiger partial charge >= 0.3 is 0 Å². The number of anilines is 1. The van der Waals surface area contributed by atoms with Gasteiger partial charge in [0.15, 0.2) is 0 Å². The molecule has 0 bridgehead atoms. The maximum atomic E-state index is 12.6. The van der Waals surface area contributed by atoms with Crippen molar-refractivity contribution in [1.82, 2.24) is 14.8 Å². The predicted octanol–water partition coefficient (Wildman–Crippen LogP) is 1.67. The minimum absolute atomic E-state index is 0.0761. The Morgan fingerprint density at radius 1 is 1.24 bits per heavy atom. The van der Waals surface area contributed by atoms with Crippen LogP contribution in [0.5, 0.6) is 0 Å². The van der Waals surface area contributed by atoms with Crippen LogP contribution in [0.1, 0.15) is 41.7 Å². The number of aromatic nitrogens is 1. The largest absolute Gasteiger partial charge is 0.397 e. The molecule has 0 unspecified atom stereocenters. The van der Waals surface area contributed by atoms with Crippen molar-refractivity contribution in [2.24, 2.45) is 0 Å². The van der Waals surface area contributed by atoms with Crippen molar-refractivity contribution in [3.63, 3.8) is 0 Å². The lowest BCUT2D eigenvalue weighted by Crippen LogP contribution is -2.46. The van der Waals surface area contributed by atoms with Crippen LogP contribution < -0.4 is 5.73 Å². The normalized spacial score (nSPS) is 20.9. The lowest BCUT2D eigenvalue weighted by Gasteiger charge is -2.36. The summed E-state index contributed by atoms with van der Waals surface area (Å²) >= 11 is 0. The molecule has 0 aliphatic carbocycles. The van der Waals surface area contributed by atoms with Gasteiger partial charge in [-0.2, -0.15) is 0 Å². The average Bonchev–Trinajstić information content (AvgIpc) is 3.03. The molecule has 2 aliphatic rings. The first-order chi connectivity index (χ1) is 10.1. The Morgan fingerprint density at radius 3 is 2.57 bits per heavy atom. The molecular formula is C16H24N4O. The van der Waals surface area contributed by atoms with Crippen molar-refractivity contribution in [1.29, 1.82) is 0 Å². The summed E-state index contributed by atoms with van der Waals surface area (Å²) in [5.74, 6) is 0.0761. The second-order valence-electron chi connectivity index (χ2n) is 6.17. The standard InChI is InChI=1S/C16H24N4O/c1-12-15(10-13(17)11-18-12)16(21)20-8-4-14(5-9-20)19-6-2-3-7-19/h10-11,14H,2-9,17H2,1H3. The van der Waals surface area contributed by atoms with Crippen molar-refractivity contribution in [2.75, 3.05) is 31.9 Å². The zero-order valence-corrected chi connectivity index (χ0v) is 12.7. The molecule has 1 amide bonds. The Morgan fingerprint density at radius 2 is 1.90 bits per heavy atom. The van der Waals surface area contributed by atoms with Crippen LogP contribution in [-0.4, -0.2) is 52.9 Å². The highest BCUT2D eigenvalue weighted by Crippen LogP contribution is 2.22. The number of carbonyl (C=O) groups excluding carboxylic acids is 1. The van der Waals surface area contributed by atoms with Gasteiger partial charge in [0.2, 0.25) is 0 Å². The maximum Gasteiger partial charge on any atom is 0.255 e. The Balaban J connectivity index is 1.63. The number of nitrogens with zero attached hydrogens (tertiary/aromatic N) is 3. The Hall–Kier alpha value is -1.62. The molecule has 3 rings (SSSR count). The fraction of sp³-hybridized carbons (Fsp3) is 0.625. The highest BCUT2D eigenvalue weighted by atomic mass is 16.2. The van der Waals surface area contributed by atoms with E-state index in [1.807, 2.05) is 11.8 Å². The molecule has 2 fully saturated rings. The number of nitrogens with two attached hydrogens (primary N) is 1. The molecular weight excluding hydrogens is 264 g/mol. The van der Waals surface area contributed by atoms with Gasteiger partial charge in [0.1, 0.15) is 0 Å². The van der Waals surface area contributed by atoms with Gasteiger partial charge in [-0.1, -0.05) is 0 Å². The number of pyridine rings is 1. The van der Waals surface area contributed by atoms with E-state index >= 15 is 0 Å². The summed E-state index contributed by atoms with van der Waals surface area (Å²) in [6.07, 6.45) is 6.42. The van der Waals surface area contributed by atoms with Gasteiger partial charge in [-0.15, -0.1) is 0 Å². The number of amides is 1. The topological polar surface area (TPSA) is 62.5 Å². The smallest absolute Gasteiger partial charge is 0.255 e.